The van der Waals surface area contributed by atoms with Crippen molar-refractivity contribution in [3.8, 4) is 11.5 Å². The van der Waals surface area contributed by atoms with Crippen LogP contribution < -0.4 is 10.2 Å². The van der Waals surface area contributed by atoms with Crippen LogP contribution in [0.1, 0.15) is 29.7 Å². The molecule has 0 fully saturated rings. The van der Waals surface area contributed by atoms with Gasteiger partial charge < -0.3 is 19.1 Å². The summed E-state index contributed by atoms with van der Waals surface area (Å²) in [6.07, 6.45) is 5.63. The van der Waals surface area contributed by atoms with E-state index in [2.05, 4.69) is 0 Å². The first-order chi connectivity index (χ1) is 12.6. The SMILES string of the molecule is CCOC(=O)c1cn([C@H](CO)CCSC)cc(Oc2ccccc2)c1=O. The first-order valence-electron chi connectivity index (χ1n) is 8.36. The zero-order valence-electron chi connectivity index (χ0n) is 14.9. The van der Waals surface area contributed by atoms with Gasteiger partial charge in [0.15, 0.2) is 5.75 Å². The molecule has 1 atom stereocenters. The van der Waals surface area contributed by atoms with Gasteiger partial charge in [-0.1, -0.05) is 18.2 Å². The van der Waals surface area contributed by atoms with Crippen molar-refractivity contribution in [1.29, 1.82) is 0 Å². The van der Waals surface area contributed by atoms with E-state index in [1.165, 1.54) is 12.4 Å². The number of thioether (sulfide) groups is 1. The summed E-state index contributed by atoms with van der Waals surface area (Å²) in [4.78, 5) is 24.9. The summed E-state index contributed by atoms with van der Waals surface area (Å²) in [7, 11) is 0. The molecular weight excluding hydrogens is 354 g/mol. The number of carbonyl (C=O) groups excluding carboxylic acids is 1. The predicted molar refractivity (Wildman–Crippen MR) is 102 cm³/mol. The van der Waals surface area contributed by atoms with Gasteiger partial charge in [0.05, 0.1) is 25.5 Å². The van der Waals surface area contributed by atoms with Crippen LogP contribution in [-0.2, 0) is 4.74 Å². The van der Waals surface area contributed by atoms with Crippen LogP contribution in [0.2, 0.25) is 0 Å². The van der Waals surface area contributed by atoms with Gasteiger partial charge in [0.2, 0.25) is 5.43 Å². The Hall–Kier alpha value is -2.25. The van der Waals surface area contributed by atoms with Crippen LogP contribution in [0.5, 0.6) is 11.5 Å². The zero-order chi connectivity index (χ0) is 18.9. The third-order valence-corrected chi connectivity index (χ3v) is 4.41. The molecule has 0 saturated heterocycles. The molecule has 2 aromatic rings. The molecule has 0 spiro atoms. The maximum Gasteiger partial charge on any atom is 0.343 e. The molecule has 140 valence electrons. The van der Waals surface area contributed by atoms with Gasteiger partial charge in [-0.15, -0.1) is 0 Å². The van der Waals surface area contributed by atoms with E-state index in [4.69, 9.17) is 9.47 Å². The van der Waals surface area contributed by atoms with Gasteiger partial charge >= 0.3 is 5.97 Å². The van der Waals surface area contributed by atoms with Crippen LogP contribution in [0.3, 0.4) is 0 Å². The number of aromatic nitrogens is 1. The van der Waals surface area contributed by atoms with Gasteiger partial charge in [-0.2, -0.15) is 11.8 Å². The maximum atomic E-state index is 12.7. The predicted octanol–water partition coefficient (Wildman–Crippen LogP) is 3.10. The Kier molecular flexibility index (Phi) is 7.74. The van der Waals surface area contributed by atoms with E-state index in [1.54, 1.807) is 47.5 Å². The highest BCUT2D eigenvalue weighted by Gasteiger charge is 2.20. The standard InChI is InChI=1S/C19H23NO5S/c1-3-24-19(23)16-11-20(14(13-21)9-10-26-2)12-17(18(16)22)25-15-7-5-4-6-8-15/h4-8,11-12,14,21H,3,9-10,13H2,1-2H3/t14-/m0/s1. The molecule has 1 N–H and O–H groups in total. The number of hydrogen-bond donors (Lipinski definition) is 1. The molecule has 0 bridgehead atoms. The summed E-state index contributed by atoms with van der Waals surface area (Å²) >= 11 is 1.66. The highest BCUT2D eigenvalue weighted by Crippen LogP contribution is 2.21. The van der Waals surface area contributed by atoms with Crippen LogP contribution >= 0.6 is 11.8 Å². The van der Waals surface area contributed by atoms with Crippen molar-refractivity contribution in [3.63, 3.8) is 0 Å². The highest BCUT2D eigenvalue weighted by atomic mass is 32.2. The zero-order valence-corrected chi connectivity index (χ0v) is 15.7. The Morgan fingerprint density at radius 3 is 2.62 bits per heavy atom. The molecule has 1 aromatic carbocycles. The fourth-order valence-electron chi connectivity index (χ4n) is 2.41. The van der Waals surface area contributed by atoms with Gasteiger partial charge in [-0.05, 0) is 37.5 Å². The van der Waals surface area contributed by atoms with Crippen LogP contribution in [0.25, 0.3) is 0 Å². The summed E-state index contributed by atoms with van der Waals surface area (Å²) in [5.41, 5.74) is -0.645. The molecule has 0 radical (unpaired) electrons. The normalized spacial score (nSPS) is 11.8. The number of ether oxygens (including phenoxy) is 2. The van der Waals surface area contributed by atoms with Gasteiger partial charge in [0.25, 0.3) is 0 Å². The molecule has 0 amide bonds. The smallest absolute Gasteiger partial charge is 0.343 e. The highest BCUT2D eigenvalue weighted by molar-refractivity contribution is 7.98. The number of aliphatic hydroxyl groups excluding tert-OH is 1. The third kappa shape index (κ3) is 5.12. The lowest BCUT2D eigenvalue weighted by atomic mass is 10.2. The van der Waals surface area contributed by atoms with E-state index >= 15 is 0 Å². The maximum absolute atomic E-state index is 12.7. The van der Waals surface area contributed by atoms with E-state index in [0.29, 0.717) is 12.2 Å². The second-order valence-electron chi connectivity index (χ2n) is 5.57. The molecular formula is C19H23NO5S. The van der Waals surface area contributed by atoms with Gasteiger partial charge in [-0.3, -0.25) is 4.79 Å². The van der Waals surface area contributed by atoms with E-state index in [0.717, 1.165) is 5.75 Å². The topological polar surface area (TPSA) is 77.8 Å². The van der Waals surface area contributed by atoms with Gasteiger partial charge in [-0.25, -0.2) is 4.79 Å². The average Bonchev–Trinajstić information content (AvgIpc) is 2.65. The van der Waals surface area contributed by atoms with Crippen molar-refractivity contribution in [2.45, 2.75) is 19.4 Å². The number of carbonyl (C=O) groups is 1. The number of hydrogen-bond acceptors (Lipinski definition) is 6. The summed E-state index contributed by atoms with van der Waals surface area (Å²) in [5, 5.41) is 9.72. The first-order valence-corrected chi connectivity index (χ1v) is 9.75. The van der Waals surface area contributed by atoms with E-state index in [9.17, 15) is 14.7 Å². The van der Waals surface area contributed by atoms with Crippen molar-refractivity contribution in [3.05, 3.63) is 58.5 Å². The number of nitrogens with zero attached hydrogens (tertiary/aromatic N) is 1. The number of aliphatic hydroxyl groups is 1. The number of benzene rings is 1. The van der Waals surface area contributed by atoms with Crippen LogP contribution in [-0.4, -0.2) is 40.9 Å². The van der Waals surface area contributed by atoms with E-state index in [-0.39, 0.29) is 30.6 Å². The molecule has 0 unspecified atom stereocenters. The number of pyridine rings is 1. The largest absolute Gasteiger partial charge is 0.462 e. The monoisotopic (exact) mass is 377 g/mol. The van der Waals surface area contributed by atoms with E-state index < -0.39 is 11.4 Å². The van der Waals surface area contributed by atoms with Gasteiger partial charge in [0, 0.05) is 6.20 Å². The Balaban J connectivity index is 2.47. The Morgan fingerprint density at radius 2 is 2.00 bits per heavy atom. The lowest BCUT2D eigenvalue weighted by Crippen LogP contribution is -2.24. The van der Waals surface area contributed by atoms with Crippen molar-refractivity contribution in [1.82, 2.24) is 4.57 Å². The molecule has 6 nitrogen and oxygen atoms in total. The van der Waals surface area contributed by atoms with Gasteiger partial charge in [0.1, 0.15) is 11.3 Å². The van der Waals surface area contributed by atoms with Crippen molar-refractivity contribution in [2.24, 2.45) is 0 Å². The Labute approximate surface area is 156 Å². The average molecular weight is 377 g/mol. The second kappa shape index (κ2) is 10.0. The van der Waals surface area contributed by atoms with Crippen LogP contribution in [0, 0.1) is 0 Å². The summed E-state index contributed by atoms with van der Waals surface area (Å²) in [6, 6.07) is 8.59. The third-order valence-electron chi connectivity index (χ3n) is 3.77. The molecule has 26 heavy (non-hydrogen) atoms. The molecule has 0 aliphatic rings. The fourth-order valence-corrected chi connectivity index (χ4v) is 2.92. The van der Waals surface area contributed by atoms with Crippen molar-refractivity contribution in [2.75, 3.05) is 25.2 Å². The number of para-hydroxylation sites is 1. The summed E-state index contributed by atoms with van der Waals surface area (Å²) < 4.78 is 12.3. The quantitative estimate of drug-likeness (QED) is 0.677. The second-order valence-corrected chi connectivity index (χ2v) is 6.55. The molecule has 2 rings (SSSR count). The number of esters is 1. The van der Waals surface area contributed by atoms with Crippen LogP contribution in [0.4, 0.5) is 0 Å². The molecule has 7 heteroatoms. The molecule has 0 aliphatic heterocycles. The first kappa shape index (κ1) is 20.1. The Morgan fingerprint density at radius 1 is 1.27 bits per heavy atom. The Bertz CT molecular complexity index is 775. The van der Waals surface area contributed by atoms with Crippen LogP contribution in [0.15, 0.2) is 47.5 Å². The van der Waals surface area contributed by atoms with Crippen molar-refractivity contribution >= 4 is 17.7 Å². The lowest BCUT2D eigenvalue weighted by molar-refractivity contribution is 0.0522. The minimum absolute atomic E-state index is 0.0179. The minimum Gasteiger partial charge on any atom is -0.462 e. The van der Waals surface area contributed by atoms with Crippen molar-refractivity contribution < 1.29 is 19.4 Å². The minimum atomic E-state index is -0.702. The lowest BCUT2D eigenvalue weighted by Gasteiger charge is -2.20. The number of rotatable bonds is 9. The molecule has 0 aliphatic carbocycles. The molecule has 1 aromatic heterocycles. The van der Waals surface area contributed by atoms with E-state index in [1.807, 2.05) is 12.3 Å². The summed E-state index contributed by atoms with van der Waals surface area (Å²) in [5.74, 6) is 0.638. The molecule has 1 heterocycles. The molecule has 0 saturated carbocycles. The summed E-state index contributed by atoms with van der Waals surface area (Å²) in [6.45, 7) is 1.73. The fraction of sp³-hybridized carbons (Fsp3) is 0.368.